The van der Waals surface area contributed by atoms with Crippen LogP contribution in [0.3, 0.4) is 0 Å². The number of fused-ring (bicyclic) bond motifs is 4. The molecule has 0 bridgehead atoms. The number of nitrogens with zero attached hydrogens (tertiary/aromatic N) is 22. The summed E-state index contributed by atoms with van der Waals surface area (Å²) in [7, 11) is 4.59. The Morgan fingerprint density at radius 1 is 0.347 bits per heavy atom. The van der Waals surface area contributed by atoms with Crippen LogP contribution < -0.4 is 14.2 Å². The molecule has 8 aromatic carbocycles. The van der Waals surface area contributed by atoms with E-state index in [4.69, 9.17) is 24.2 Å². The van der Waals surface area contributed by atoms with E-state index in [2.05, 4.69) is 124 Å². The van der Waals surface area contributed by atoms with Gasteiger partial charge in [-0.3, -0.25) is 70.1 Å². The average Bonchev–Trinajstić information content (AvgIpc) is 1.68. The number of benzene rings is 8. The van der Waals surface area contributed by atoms with Crippen LogP contribution in [-0.2, 0) is 26.2 Å². The van der Waals surface area contributed by atoms with Gasteiger partial charge in [0.05, 0.1) is 81.0 Å². The van der Waals surface area contributed by atoms with Gasteiger partial charge in [0.15, 0.2) is 11.6 Å². The van der Waals surface area contributed by atoms with Crippen molar-refractivity contribution >= 4 is 43.6 Å². The lowest BCUT2D eigenvalue weighted by Crippen LogP contribution is -2.47. The normalized spacial score (nSPS) is 17.1. The molecule has 31 nitrogen and oxygen atoms in total. The Bertz CT molecular complexity index is 7750. The third kappa shape index (κ3) is 21.4. The first-order valence-corrected chi connectivity index (χ1v) is 48.2. The van der Waals surface area contributed by atoms with Crippen LogP contribution in [0.15, 0.2) is 256 Å². The van der Waals surface area contributed by atoms with E-state index in [-0.39, 0.29) is 67.3 Å². The summed E-state index contributed by atoms with van der Waals surface area (Å²) in [5.74, 6) is -2.32. The van der Waals surface area contributed by atoms with E-state index in [1.807, 2.05) is 109 Å². The maximum absolute atomic E-state index is 14.8. The summed E-state index contributed by atoms with van der Waals surface area (Å²) in [6.07, 6.45) is 20.6. The molecule has 746 valence electrons. The zero-order valence-electron chi connectivity index (χ0n) is 80.4. The fourth-order valence-corrected chi connectivity index (χ4v) is 20.1. The van der Waals surface area contributed by atoms with Crippen molar-refractivity contribution in [2.75, 3.05) is 73.7 Å². The summed E-state index contributed by atoms with van der Waals surface area (Å²) in [6.45, 7) is 5.96. The fraction of sp³-hybridized carbons (Fsp3) is 0.259. The lowest BCUT2D eigenvalue weighted by atomic mass is 9.96. The first kappa shape index (κ1) is 96.6. The number of nitrogens with one attached hydrogen (secondary N) is 6. The predicted molar refractivity (Wildman–Crippen MR) is 538 cm³/mol. The first-order valence-electron chi connectivity index (χ1n) is 48.2. The molecule has 6 N–H and O–H groups in total. The highest BCUT2D eigenvalue weighted by Gasteiger charge is 2.44. The van der Waals surface area contributed by atoms with Crippen molar-refractivity contribution in [3.8, 4) is 108 Å². The third-order valence-electron chi connectivity index (χ3n) is 27.4. The van der Waals surface area contributed by atoms with E-state index >= 15 is 0 Å². The number of aryl methyl sites for hydroxylation is 1. The minimum Gasteiger partial charge on any atom is -0.496 e. The van der Waals surface area contributed by atoms with Gasteiger partial charge in [-0.1, -0.05) is 52.9 Å². The van der Waals surface area contributed by atoms with Crippen LogP contribution in [-0.4, -0.2) is 226 Å². The van der Waals surface area contributed by atoms with E-state index in [1.54, 1.807) is 130 Å². The van der Waals surface area contributed by atoms with Gasteiger partial charge in [0.2, 0.25) is 0 Å². The van der Waals surface area contributed by atoms with Gasteiger partial charge in [-0.15, -0.1) is 10.2 Å². The van der Waals surface area contributed by atoms with Gasteiger partial charge >= 0.3 is 0 Å². The van der Waals surface area contributed by atoms with E-state index in [1.165, 1.54) is 51.7 Å². The zero-order chi connectivity index (χ0) is 101. The highest BCUT2D eigenvalue weighted by Crippen LogP contribution is 2.43. The average molecular weight is 1990 g/mol. The molecule has 3 unspecified atom stereocenters. The number of aromatic nitrogens is 24. The maximum Gasteiger partial charge on any atom is 0.262 e. The lowest BCUT2D eigenvalue weighted by molar-refractivity contribution is -0.0861. The molecule has 16 heterocycles. The monoisotopic (exact) mass is 1990 g/mol. The minimum atomic E-state index is -2.97. The topological polar surface area (TPSA) is 351 Å². The van der Waals surface area contributed by atoms with Gasteiger partial charge in [0.25, 0.3) is 11.8 Å². The summed E-state index contributed by atoms with van der Waals surface area (Å²) >= 11 is 0. The van der Waals surface area contributed by atoms with E-state index in [9.17, 15) is 35.1 Å². The Labute approximate surface area is 836 Å². The molecule has 20 aromatic rings. The van der Waals surface area contributed by atoms with Gasteiger partial charge in [0, 0.05) is 215 Å². The molecule has 0 saturated carbocycles. The molecule has 24 rings (SSSR count). The first-order chi connectivity index (χ1) is 71.6. The molecule has 4 saturated heterocycles. The summed E-state index contributed by atoms with van der Waals surface area (Å²) in [4.78, 5) is 33.7. The van der Waals surface area contributed by atoms with Crippen molar-refractivity contribution in [1.82, 2.24) is 141 Å². The molecule has 0 aliphatic carbocycles. The van der Waals surface area contributed by atoms with Crippen molar-refractivity contribution in [2.24, 2.45) is 0 Å². The number of hydrogen-bond acceptors (Lipinski definition) is 23. The second-order valence-electron chi connectivity index (χ2n) is 37.2. The van der Waals surface area contributed by atoms with Crippen LogP contribution in [0, 0.1) is 30.2 Å². The van der Waals surface area contributed by atoms with Gasteiger partial charge in [0.1, 0.15) is 86.3 Å². The summed E-state index contributed by atoms with van der Waals surface area (Å²) < 4.78 is 136. The molecule has 4 aliphatic heterocycles. The molecule has 4 atom stereocenters. The molecule has 39 heteroatoms. The molecular formula is C108H100F8N28O3. The highest BCUT2D eigenvalue weighted by atomic mass is 19.3. The largest absolute Gasteiger partial charge is 0.496 e. The number of pyridine rings is 4. The Morgan fingerprint density at radius 3 is 1.01 bits per heavy atom. The van der Waals surface area contributed by atoms with Crippen molar-refractivity contribution in [3.05, 3.63) is 319 Å². The molecule has 147 heavy (non-hydrogen) atoms. The van der Waals surface area contributed by atoms with Crippen LogP contribution >= 0.6 is 0 Å². The third-order valence-corrected chi connectivity index (χ3v) is 27.4. The van der Waals surface area contributed by atoms with Crippen LogP contribution in [0.2, 0.25) is 0 Å². The lowest BCUT2D eigenvalue weighted by Gasteiger charge is -2.37. The number of rotatable bonds is 23. The molecular weight excluding hydrogens is 1890 g/mol. The van der Waals surface area contributed by atoms with Gasteiger partial charge in [-0.05, 0) is 203 Å². The van der Waals surface area contributed by atoms with Crippen LogP contribution in [0.5, 0.6) is 17.2 Å². The van der Waals surface area contributed by atoms with Crippen molar-refractivity contribution in [2.45, 2.75) is 107 Å². The van der Waals surface area contributed by atoms with Crippen molar-refractivity contribution < 1.29 is 49.3 Å². The Balaban J connectivity index is 0.000000115. The molecule has 12 aromatic heterocycles. The second-order valence-corrected chi connectivity index (χ2v) is 37.2. The second kappa shape index (κ2) is 42.4. The maximum atomic E-state index is 14.8. The van der Waals surface area contributed by atoms with E-state index in [0.717, 1.165) is 180 Å². The summed E-state index contributed by atoms with van der Waals surface area (Å²) in [6, 6.07) is 56.9. The minimum absolute atomic E-state index is 0.00156. The number of methoxy groups -OCH3 is 3. The number of likely N-dealkylation sites (tertiary alicyclic amines) is 4. The van der Waals surface area contributed by atoms with Crippen LogP contribution in [0.1, 0.15) is 102 Å². The van der Waals surface area contributed by atoms with E-state index in [0.29, 0.717) is 76.6 Å². The number of halogens is 8. The smallest absolute Gasteiger partial charge is 0.262 e. The van der Waals surface area contributed by atoms with Crippen molar-refractivity contribution in [1.29, 1.82) is 0 Å². The molecule has 4 fully saturated rings. The Hall–Kier alpha value is -16.5. The van der Waals surface area contributed by atoms with Gasteiger partial charge in [-0.25, -0.2) is 54.5 Å². The Kier molecular flexibility index (Phi) is 27.9. The number of alkyl halides is 4. The van der Waals surface area contributed by atoms with Gasteiger partial charge in [-0.2, -0.15) is 30.6 Å². The molecule has 0 spiro atoms. The predicted octanol–water partition coefficient (Wildman–Crippen LogP) is 20.4. The van der Waals surface area contributed by atoms with Gasteiger partial charge < -0.3 is 14.2 Å². The van der Waals surface area contributed by atoms with E-state index < -0.39 is 42.8 Å². The summed E-state index contributed by atoms with van der Waals surface area (Å²) in [5.41, 5.74) is 18.0. The number of aromatic amines is 6. The highest BCUT2D eigenvalue weighted by molar-refractivity contribution is 5.98. The fourth-order valence-electron chi connectivity index (χ4n) is 20.1. The molecule has 0 amide bonds. The SMILES string of the molecule is COc1cccc(F)c1CN1CC(n2cc(-c3ccc4[nH]nc(-c5ccncc5)c4c3)nn2)CC(F)(F)C1.COc1cccc(F)c1CN1CCCC(c2nc(-c3ccc4[nH]nc(-c5ccncc5)c4c3)n[nH]2)C1.COc1cccc(F)c1CN1CCC[C@@H](c2nc(-c3ccc4[nH]nc(-c5ccncc5)c4c3)n[nH]2)C1.Cc1cccc(F)c1CN1CC(n2cc(-c3ccc4[nH]nc(-c5ccncc5)c4c3)nn2)CC(F)(F)C1. The van der Waals surface area contributed by atoms with Crippen molar-refractivity contribution in [3.63, 3.8) is 0 Å². The number of hydrogen-bond donors (Lipinski definition) is 6. The van der Waals surface area contributed by atoms with Crippen LogP contribution in [0.25, 0.3) is 134 Å². The molecule has 4 aliphatic rings. The quantitative estimate of drug-likeness (QED) is 0.0324. The standard InChI is InChI=1S/C27H24F3N7O.C27H24F3N7.2C27H26FN7O/c1-38-25-4-2-3-22(28)21(25)14-36-13-19(12-27(29,30)16-36)37-15-24(33-35-37)18-5-6-23-20(11-18)26(34-32-23)17-7-9-31-10-8-17;1-17-3-2-4-23(28)22(17)14-36-13-20(12-27(29,30)16-36)37-15-25(33-35-37)19-5-6-24-21(11-19)26(34-32-24)18-7-9-31-10-8-18;2*1-36-24-6-2-5-22(28)21(24)16-35-13-3-4-19(15-35)27-30-26(33-34-27)18-7-8-23-20(14-18)25(32-31-23)17-9-11-29-12-10-17/h2-11,15,19H,12-14,16H2,1H3,(H,32,34);2-11,15,20H,12-14,16H2,1H3,(H,32,34);2*2,5-12,14,19H,3-4,13,15-16H2,1H3,(H,31,32)(H,30,33,34)/t;;19-;/m..1./s1. The number of piperidine rings is 4. The molecule has 0 radical (unpaired) electrons. The van der Waals surface area contributed by atoms with Crippen LogP contribution in [0.4, 0.5) is 35.1 Å². The zero-order valence-corrected chi connectivity index (χ0v) is 80.4. The summed E-state index contributed by atoms with van der Waals surface area (Å²) in [5, 5.41) is 66.3. The number of ether oxygens (including phenoxy) is 3. The Morgan fingerprint density at radius 2 is 0.667 bits per heavy atom. The number of H-pyrrole nitrogens is 6.